The van der Waals surface area contributed by atoms with Crippen molar-refractivity contribution in [2.75, 3.05) is 0 Å². The highest BCUT2D eigenvalue weighted by molar-refractivity contribution is 6.28. The van der Waals surface area contributed by atoms with E-state index in [1.165, 1.54) is 29.1 Å². The normalized spacial score (nSPS) is 10.9. The van der Waals surface area contributed by atoms with Crippen molar-refractivity contribution in [1.29, 1.82) is 0 Å². The van der Waals surface area contributed by atoms with Gasteiger partial charge in [-0.05, 0) is 17.7 Å². The molecule has 0 saturated heterocycles. The van der Waals surface area contributed by atoms with Crippen LogP contribution < -0.4 is 0 Å². The number of nitrogens with zero attached hydrogens (tertiary/aromatic N) is 5. The van der Waals surface area contributed by atoms with Gasteiger partial charge in [-0.1, -0.05) is 0 Å². The minimum Gasteiger partial charge on any atom is -0.280 e. The molecule has 9 heteroatoms. The largest absolute Gasteiger partial charge is 0.280 e. The summed E-state index contributed by atoms with van der Waals surface area (Å²) in [6, 6.07) is 4.09. The number of aromatic nitrogens is 4. The van der Waals surface area contributed by atoms with Gasteiger partial charge in [-0.2, -0.15) is 4.98 Å². The number of nitro benzene ring substituents is 1. The summed E-state index contributed by atoms with van der Waals surface area (Å²) in [5.41, 5.74) is 0.706. The van der Waals surface area contributed by atoms with Gasteiger partial charge >= 0.3 is 0 Å². The molecule has 1 aromatic carbocycles. The molecule has 0 saturated carbocycles. The third kappa shape index (κ3) is 1.95. The van der Waals surface area contributed by atoms with Gasteiger partial charge in [0.05, 0.1) is 22.2 Å². The molecule has 0 atom stereocenters. The number of non-ortho nitro benzene ring substituents is 1. The van der Waals surface area contributed by atoms with Crippen molar-refractivity contribution in [3.8, 4) is 5.82 Å². The Labute approximate surface area is 115 Å². The maximum atomic E-state index is 13.8. The average molecular weight is 294 g/mol. The van der Waals surface area contributed by atoms with Crippen LogP contribution in [0.25, 0.3) is 16.9 Å². The van der Waals surface area contributed by atoms with Gasteiger partial charge in [-0.3, -0.25) is 14.7 Å². The molecule has 0 N–H and O–H groups in total. The zero-order valence-corrected chi connectivity index (χ0v) is 10.5. The fourth-order valence-corrected chi connectivity index (χ4v) is 1.91. The molecule has 0 aliphatic carbocycles. The fraction of sp³-hybridized carbons (Fsp3) is 0. The van der Waals surface area contributed by atoms with E-state index in [-0.39, 0.29) is 16.8 Å². The molecule has 2 aromatic heterocycles. The van der Waals surface area contributed by atoms with E-state index in [0.717, 1.165) is 6.20 Å². The van der Waals surface area contributed by atoms with Crippen molar-refractivity contribution in [2.24, 2.45) is 0 Å². The van der Waals surface area contributed by atoms with Gasteiger partial charge < -0.3 is 0 Å². The van der Waals surface area contributed by atoms with E-state index in [9.17, 15) is 14.5 Å². The molecule has 0 unspecified atom stereocenters. The van der Waals surface area contributed by atoms with Crippen LogP contribution in [0.4, 0.5) is 10.1 Å². The summed E-state index contributed by atoms with van der Waals surface area (Å²) in [4.78, 5) is 21.6. The van der Waals surface area contributed by atoms with Crippen LogP contribution in [0.3, 0.4) is 0 Å². The van der Waals surface area contributed by atoms with Gasteiger partial charge in [0.2, 0.25) is 5.28 Å². The number of benzene rings is 1. The van der Waals surface area contributed by atoms with Crippen molar-refractivity contribution >= 4 is 28.3 Å². The van der Waals surface area contributed by atoms with E-state index in [1.54, 1.807) is 0 Å². The fourth-order valence-electron chi connectivity index (χ4n) is 1.78. The quantitative estimate of drug-likeness (QED) is 0.411. The number of hydrogen-bond acceptors (Lipinski definition) is 5. The molecule has 0 spiro atoms. The second kappa shape index (κ2) is 4.49. The smallest absolute Gasteiger partial charge is 0.271 e. The van der Waals surface area contributed by atoms with Crippen LogP contribution in [0.2, 0.25) is 5.28 Å². The number of fused-ring (bicyclic) bond motifs is 1. The van der Waals surface area contributed by atoms with Crippen molar-refractivity contribution in [2.45, 2.75) is 0 Å². The molecular formula is C11H5ClFN5O2. The molecule has 0 radical (unpaired) electrons. The second-order valence-corrected chi connectivity index (χ2v) is 4.19. The zero-order chi connectivity index (χ0) is 14.3. The van der Waals surface area contributed by atoms with Gasteiger partial charge in [0.25, 0.3) is 5.69 Å². The van der Waals surface area contributed by atoms with Gasteiger partial charge in [0.1, 0.15) is 6.33 Å². The van der Waals surface area contributed by atoms with Crippen molar-refractivity contribution < 1.29 is 9.31 Å². The maximum absolute atomic E-state index is 13.8. The lowest BCUT2D eigenvalue weighted by Gasteiger charge is -2.04. The van der Waals surface area contributed by atoms with Crippen LogP contribution >= 0.6 is 11.6 Å². The third-order valence-corrected chi connectivity index (χ3v) is 2.85. The number of nitro groups is 1. The molecule has 0 aliphatic heterocycles. The summed E-state index contributed by atoms with van der Waals surface area (Å²) in [6.07, 6.45) is 2.24. The average Bonchev–Trinajstić information content (AvgIpc) is 2.84. The predicted molar refractivity (Wildman–Crippen MR) is 68.3 cm³/mol. The summed E-state index contributed by atoms with van der Waals surface area (Å²) in [6.45, 7) is 0. The van der Waals surface area contributed by atoms with E-state index in [0.29, 0.717) is 11.0 Å². The number of rotatable bonds is 2. The molecule has 20 heavy (non-hydrogen) atoms. The van der Waals surface area contributed by atoms with Crippen LogP contribution in [-0.4, -0.2) is 24.4 Å². The van der Waals surface area contributed by atoms with Crippen molar-refractivity contribution in [3.63, 3.8) is 0 Å². The highest BCUT2D eigenvalue weighted by Crippen LogP contribution is 2.23. The molecule has 0 amide bonds. The Hall–Kier alpha value is -2.61. The molecule has 0 bridgehead atoms. The van der Waals surface area contributed by atoms with Gasteiger partial charge in [-0.15, -0.1) is 0 Å². The first kappa shape index (κ1) is 12.4. The van der Waals surface area contributed by atoms with Crippen LogP contribution in [0.5, 0.6) is 0 Å². The minimum atomic E-state index is -0.708. The lowest BCUT2D eigenvalue weighted by atomic mass is 10.3. The highest BCUT2D eigenvalue weighted by Gasteiger charge is 2.15. The first-order valence-corrected chi connectivity index (χ1v) is 5.74. The molecule has 0 aliphatic rings. The number of imidazole rings is 1. The Kier molecular flexibility index (Phi) is 2.79. The molecule has 2 heterocycles. The summed E-state index contributed by atoms with van der Waals surface area (Å²) in [5, 5.41) is 10.7. The number of hydrogen-bond donors (Lipinski definition) is 0. The van der Waals surface area contributed by atoms with Crippen molar-refractivity contribution in [3.05, 3.63) is 51.9 Å². The highest BCUT2D eigenvalue weighted by atomic mass is 35.5. The van der Waals surface area contributed by atoms with Crippen LogP contribution in [0.1, 0.15) is 0 Å². The lowest BCUT2D eigenvalue weighted by molar-refractivity contribution is -0.384. The standard InChI is InChI=1S/C11H5ClFN5O2/c12-11-14-4-7(13)10(16-11)17-5-15-8-2-1-6(18(19)20)3-9(8)17/h1-5H. The third-order valence-electron chi connectivity index (χ3n) is 2.67. The van der Waals surface area contributed by atoms with Crippen LogP contribution in [0, 0.1) is 15.9 Å². The maximum Gasteiger partial charge on any atom is 0.271 e. The number of halogens is 2. The van der Waals surface area contributed by atoms with E-state index in [4.69, 9.17) is 11.6 Å². The summed E-state index contributed by atoms with van der Waals surface area (Å²) in [5.74, 6) is -0.826. The van der Waals surface area contributed by atoms with E-state index in [1.807, 2.05) is 0 Å². The first-order chi connectivity index (χ1) is 9.56. The molecule has 7 nitrogen and oxygen atoms in total. The Morgan fingerprint density at radius 1 is 1.35 bits per heavy atom. The van der Waals surface area contributed by atoms with E-state index in [2.05, 4.69) is 15.0 Å². The Morgan fingerprint density at radius 3 is 2.90 bits per heavy atom. The second-order valence-electron chi connectivity index (χ2n) is 3.86. The Morgan fingerprint density at radius 2 is 2.15 bits per heavy atom. The van der Waals surface area contributed by atoms with E-state index < -0.39 is 10.7 Å². The molecule has 0 fully saturated rings. The van der Waals surface area contributed by atoms with Gasteiger partial charge in [-0.25, -0.2) is 14.4 Å². The minimum absolute atomic E-state index is 0.118. The van der Waals surface area contributed by atoms with Gasteiger partial charge in [0.15, 0.2) is 11.6 Å². The predicted octanol–water partition coefficient (Wildman–Crippen LogP) is 2.52. The molecular weight excluding hydrogens is 289 g/mol. The molecule has 3 aromatic rings. The lowest BCUT2D eigenvalue weighted by Crippen LogP contribution is -2.01. The summed E-state index contributed by atoms with van der Waals surface area (Å²) >= 11 is 5.64. The van der Waals surface area contributed by atoms with Gasteiger partial charge in [0, 0.05) is 12.1 Å². The van der Waals surface area contributed by atoms with Crippen molar-refractivity contribution in [1.82, 2.24) is 19.5 Å². The van der Waals surface area contributed by atoms with Crippen LogP contribution in [-0.2, 0) is 0 Å². The summed E-state index contributed by atoms with van der Waals surface area (Å²) < 4.78 is 15.0. The summed E-state index contributed by atoms with van der Waals surface area (Å²) in [7, 11) is 0. The first-order valence-electron chi connectivity index (χ1n) is 5.36. The monoisotopic (exact) mass is 293 g/mol. The molecule has 3 rings (SSSR count). The topological polar surface area (TPSA) is 86.7 Å². The Bertz CT molecular complexity index is 835. The molecule has 100 valence electrons. The van der Waals surface area contributed by atoms with Crippen LogP contribution in [0.15, 0.2) is 30.7 Å². The van der Waals surface area contributed by atoms with E-state index >= 15 is 0 Å². The SMILES string of the molecule is O=[N+]([O-])c1ccc2ncn(-c3nc(Cl)ncc3F)c2c1. The zero-order valence-electron chi connectivity index (χ0n) is 9.70. The Balaban J connectivity index is 2.28.